The molecule has 1 fully saturated rings. The first kappa shape index (κ1) is 12.4. The van der Waals surface area contributed by atoms with Gasteiger partial charge in [-0.2, -0.15) is 0 Å². The molecular weight excluding hydrogens is 278 g/mol. The SMILES string of the molecule is CC1(c2ccc(-c3ccccc3)s2)SC(=O)NC1=O. The summed E-state index contributed by atoms with van der Waals surface area (Å²) in [4.78, 5) is 25.3. The zero-order chi connectivity index (χ0) is 13.5. The van der Waals surface area contributed by atoms with Crippen molar-refractivity contribution in [2.24, 2.45) is 0 Å². The van der Waals surface area contributed by atoms with E-state index < -0.39 is 4.75 Å². The third-order valence-corrected chi connectivity index (χ3v) is 5.67. The van der Waals surface area contributed by atoms with E-state index in [1.807, 2.05) is 42.5 Å². The highest BCUT2D eigenvalue weighted by Gasteiger charge is 2.46. The molecule has 1 aliphatic heterocycles. The minimum absolute atomic E-state index is 0.232. The van der Waals surface area contributed by atoms with Gasteiger partial charge in [0.25, 0.3) is 5.24 Å². The Morgan fingerprint density at radius 3 is 2.42 bits per heavy atom. The van der Waals surface area contributed by atoms with Gasteiger partial charge in [-0.15, -0.1) is 11.3 Å². The summed E-state index contributed by atoms with van der Waals surface area (Å²) in [5.41, 5.74) is 1.12. The molecule has 19 heavy (non-hydrogen) atoms. The molecular formula is C14H11NO2S2. The Labute approximate surface area is 119 Å². The second kappa shape index (κ2) is 4.51. The quantitative estimate of drug-likeness (QED) is 0.918. The lowest BCUT2D eigenvalue weighted by atomic mass is 10.1. The lowest BCUT2D eigenvalue weighted by molar-refractivity contribution is -0.121. The van der Waals surface area contributed by atoms with Crippen molar-refractivity contribution in [3.05, 3.63) is 47.3 Å². The fourth-order valence-electron chi connectivity index (χ4n) is 1.98. The molecule has 2 amide bonds. The van der Waals surface area contributed by atoms with Crippen LogP contribution in [0.5, 0.6) is 0 Å². The monoisotopic (exact) mass is 289 g/mol. The summed E-state index contributed by atoms with van der Waals surface area (Å²) in [5, 5.41) is 2.07. The number of amides is 2. The lowest BCUT2D eigenvalue weighted by Crippen LogP contribution is -2.30. The van der Waals surface area contributed by atoms with Gasteiger partial charge in [0.2, 0.25) is 5.91 Å². The minimum Gasteiger partial charge on any atom is -0.286 e. The molecule has 96 valence electrons. The molecule has 2 aromatic rings. The highest BCUT2D eigenvalue weighted by molar-refractivity contribution is 8.15. The van der Waals surface area contributed by atoms with E-state index in [4.69, 9.17) is 0 Å². The zero-order valence-corrected chi connectivity index (χ0v) is 11.8. The van der Waals surface area contributed by atoms with Crippen LogP contribution in [0, 0.1) is 0 Å². The number of hydrogen-bond acceptors (Lipinski definition) is 4. The summed E-state index contributed by atoms with van der Waals surface area (Å²) < 4.78 is -0.797. The smallest absolute Gasteiger partial charge is 0.286 e. The third kappa shape index (κ3) is 2.09. The second-order valence-corrected chi connectivity index (χ2v) is 6.88. The second-order valence-electron chi connectivity index (χ2n) is 4.41. The lowest BCUT2D eigenvalue weighted by Gasteiger charge is -2.15. The van der Waals surface area contributed by atoms with Crippen molar-refractivity contribution < 1.29 is 9.59 Å². The van der Waals surface area contributed by atoms with Crippen molar-refractivity contribution in [1.29, 1.82) is 0 Å². The van der Waals surface area contributed by atoms with E-state index in [0.717, 1.165) is 27.1 Å². The van der Waals surface area contributed by atoms with Crippen LogP contribution in [0.25, 0.3) is 10.4 Å². The standard InChI is InChI=1S/C14H11NO2S2/c1-14(12(16)15-13(17)19-14)11-8-7-10(18-11)9-5-3-2-4-6-9/h2-8H,1H3,(H,15,16,17). The Morgan fingerprint density at radius 2 is 1.79 bits per heavy atom. The topological polar surface area (TPSA) is 46.2 Å². The summed E-state index contributed by atoms with van der Waals surface area (Å²) >= 11 is 2.60. The van der Waals surface area contributed by atoms with Crippen LogP contribution in [-0.4, -0.2) is 11.1 Å². The molecule has 0 saturated carbocycles. The van der Waals surface area contributed by atoms with Gasteiger partial charge in [0, 0.05) is 9.75 Å². The molecule has 0 radical (unpaired) electrons. The maximum absolute atomic E-state index is 11.9. The molecule has 3 rings (SSSR count). The van der Waals surface area contributed by atoms with Crippen molar-refractivity contribution in [3.63, 3.8) is 0 Å². The Morgan fingerprint density at radius 1 is 1.05 bits per heavy atom. The minimum atomic E-state index is -0.797. The van der Waals surface area contributed by atoms with Crippen LogP contribution < -0.4 is 5.32 Å². The first-order valence-corrected chi connectivity index (χ1v) is 7.43. The van der Waals surface area contributed by atoms with E-state index in [0.29, 0.717) is 0 Å². The fraction of sp³-hybridized carbons (Fsp3) is 0.143. The Hall–Kier alpha value is -1.59. The van der Waals surface area contributed by atoms with E-state index >= 15 is 0 Å². The molecule has 1 N–H and O–H groups in total. The zero-order valence-electron chi connectivity index (χ0n) is 10.2. The van der Waals surface area contributed by atoms with E-state index in [9.17, 15) is 9.59 Å². The van der Waals surface area contributed by atoms with Crippen molar-refractivity contribution in [2.45, 2.75) is 11.7 Å². The molecule has 0 spiro atoms. The number of carbonyl (C=O) groups excluding carboxylic acids is 2. The number of imide groups is 1. The Balaban J connectivity index is 1.98. The highest BCUT2D eigenvalue weighted by Crippen LogP contribution is 2.45. The first-order valence-electron chi connectivity index (χ1n) is 5.80. The molecule has 0 bridgehead atoms. The van der Waals surface area contributed by atoms with Crippen molar-refractivity contribution in [2.75, 3.05) is 0 Å². The summed E-state index contributed by atoms with van der Waals surface area (Å²) in [5.74, 6) is -0.232. The van der Waals surface area contributed by atoms with E-state index in [1.165, 1.54) is 0 Å². The highest BCUT2D eigenvalue weighted by atomic mass is 32.2. The molecule has 1 aliphatic rings. The number of nitrogens with one attached hydrogen (secondary N) is 1. The molecule has 0 aliphatic carbocycles. The van der Waals surface area contributed by atoms with Crippen LogP contribution in [-0.2, 0) is 9.54 Å². The molecule has 1 aromatic carbocycles. The molecule has 2 heterocycles. The van der Waals surface area contributed by atoms with Crippen LogP contribution >= 0.6 is 23.1 Å². The molecule has 1 aromatic heterocycles. The van der Waals surface area contributed by atoms with Crippen molar-refractivity contribution in [1.82, 2.24) is 5.32 Å². The van der Waals surface area contributed by atoms with Crippen LogP contribution in [0.3, 0.4) is 0 Å². The number of benzene rings is 1. The summed E-state index contributed by atoms with van der Waals surface area (Å²) in [6.45, 7) is 1.79. The van der Waals surface area contributed by atoms with Crippen molar-refractivity contribution >= 4 is 34.2 Å². The van der Waals surface area contributed by atoms with E-state index in [-0.39, 0.29) is 11.1 Å². The van der Waals surface area contributed by atoms with Crippen LogP contribution in [0.4, 0.5) is 4.79 Å². The third-order valence-electron chi connectivity index (χ3n) is 3.08. The van der Waals surface area contributed by atoms with Gasteiger partial charge in [-0.05, 0) is 36.4 Å². The number of thiophene rings is 1. The summed E-state index contributed by atoms with van der Waals surface area (Å²) in [6, 6.07) is 13.9. The van der Waals surface area contributed by atoms with Gasteiger partial charge in [0.15, 0.2) is 0 Å². The maximum Gasteiger partial charge on any atom is 0.287 e. The molecule has 1 saturated heterocycles. The Kier molecular flexibility index (Phi) is 2.95. The first-order chi connectivity index (χ1) is 9.09. The van der Waals surface area contributed by atoms with E-state index in [2.05, 4.69) is 5.32 Å². The Bertz CT molecular complexity index is 650. The number of thioether (sulfide) groups is 1. The van der Waals surface area contributed by atoms with Crippen molar-refractivity contribution in [3.8, 4) is 10.4 Å². The fourth-order valence-corrected chi connectivity index (χ4v) is 4.11. The molecule has 3 nitrogen and oxygen atoms in total. The van der Waals surface area contributed by atoms with Gasteiger partial charge in [0.05, 0.1) is 0 Å². The predicted molar refractivity (Wildman–Crippen MR) is 78.2 cm³/mol. The normalized spacial score (nSPS) is 22.6. The number of rotatable bonds is 2. The van der Waals surface area contributed by atoms with Crippen LogP contribution in [0.15, 0.2) is 42.5 Å². The summed E-state index contributed by atoms with van der Waals surface area (Å²) in [7, 11) is 0. The molecule has 5 heteroatoms. The largest absolute Gasteiger partial charge is 0.287 e. The average Bonchev–Trinajstić information content (AvgIpc) is 2.97. The number of carbonyl (C=O) groups is 2. The van der Waals surface area contributed by atoms with Gasteiger partial charge in [-0.1, -0.05) is 30.3 Å². The predicted octanol–water partition coefficient (Wildman–Crippen LogP) is 3.61. The van der Waals surface area contributed by atoms with E-state index in [1.54, 1.807) is 18.3 Å². The van der Waals surface area contributed by atoms with Gasteiger partial charge in [-0.3, -0.25) is 14.9 Å². The van der Waals surface area contributed by atoms with Gasteiger partial charge in [-0.25, -0.2) is 0 Å². The molecule has 1 atom stereocenters. The molecule has 1 unspecified atom stereocenters. The number of hydrogen-bond donors (Lipinski definition) is 1. The summed E-state index contributed by atoms with van der Waals surface area (Å²) in [6.07, 6.45) is 0. The van der Waals surface area contributed by atoms with Gasteiger partial charge in [0.1, 0.15) is 4.75 Å². The van der Waals surface area contributed by atoms with Crippen LogP contribution in [0.2, 0.25) is 0 Å². The van der Waals surface area contributed by atoms with Crippen LogP contribution in [0.1, 0.15) is 11.8 Å². The maximum atomic E-state index is 11.9. The van der Waals surface area contributed by atoms with Gasteiger partial charge < -0.3 is 0 Å². The van der Waals surface area contributed by atoms with Gasteiger partial charge >= 0.3 is 0 Å². The average molecular weight is 289 g/mol.